The first-order chi connectivity index (χ1) is 15.1. The van der Waals surface area contributed by atoms with Crippen molar-refractivity contribution >= 4 is 40.0 Å². The van der Waals surface area contributed by atoms with Crippen molar-refractivity contribution in [1.29, 1.82) is 0 Å². The Kier molecular flexibility index (Phi) is 6.24. The fraction of sp³-hybridized carbons (Fsp3) is 0.0800. The topological polar surface area (TPSA) is 71.1 Å². The minimum absolute atomic E-state index is 0.0590. The summed E-state index contributed by atoms with van der Waals surface area (Å²) >= 11 is 6.17. The van der Waals surface area contributed by atoms with Crippen molar-refractivity contribution in [3.8, 4) is 0 Å². The van der Waals surface area contributed by atoms with Gasteiger partial charge in [-0.1, -0.05) is 72.3 Å². The van der Waals surface area contributed by atoms with Crippen molar-refractivity contribution in [1.82, 2.24) is 10.3 Å². The van der Waals surface area contributed by atoms with Crippen molar-refractivity contribution in [2.75, 3.05) is 5.32 Å². The monoisotopic (exact) mass is 429 g/mol. The molecule has 4 aromatic rings. The van der Waals surface area contributed by atoms with E-state index in [1.165, 1.54) is 0 Å². The first-order valence-corrected chi connectivity index (χ1v) is 10.2. The van der Waals surface area contributed by atoms with Crippen LogP contribution in [-0.4, -0.2) is 16.8 Å². The molecule has 0 aliphatic rings. The average Bonchev–Trinajstić information content (AvgIpc) is 2.80. The Bertz CT molecular complexity index is 1220. The van der Waals surface area contributed by atoms with Crippen molar-refractivity contribution in [3.63, 3.8) is 0 Å². The Hall–Kier alpha value is -3.70. The molecule has 2 N–H and O–H groups in total. The second-order valence-electron chi connectivity index (χ2n) is 7.05. The summed E-state index contributed by atoms with van der Waals surface area (Å²) in [4.78, 5) is 30.1. The standard InChI is InChI=1S/C25H20ClN3O2/c26-20-13-5-4-12-19(20)25(31)29-22(17-8-2-1-3-9-17)16-23(30)28-21-14-6-10-18-11-7-15-27-24(18)21/h1-15,22H,16H2,(H,28,30)(H,29,31). The highest BCUT2D eigenvalue weighted by molar-refractivity contribution is 6.33. The Morgan fingerprint density at radius 1 is 0.871 bits per heavy atom. The van der Waals surface area contributed by atoms with Crippen LogP contribution in [0.15, 0.2) is 91.1 Å². The number of aromatic nitrogens is 1. The number of hydrogen-bond donors (Lipinski definition) is 2. The number of nitrogens with zero attached hydrogens (tertiary/aromatic N) is 1. The van der Waals surface area contributed by atoms with E-state index in [2.05, 4.69) is 15.6 Å². The highest BCUT2D eigenvalue weighted by atomic mass is 35.5. The molecule has 0 saturated carbocycles. The van der Waals surface area contributed by atoms with Crippen LogP contribution in [0, 0.1) is 0 Å². The van der Waals surface area contributed by atoms with E-state index in [1.807, 2.05) is 60.7 Å². The van der Waals surface area contributed by atoms with Gasteiger partial charge in [-0.15, -0.1) is 0 Å². The molecule has 4 rings (SSSR count). The summed E-state index contributed by atoms with van der Waals surface area (Å²) in [6, 6.07) is 25.1. The molecule has 0 aliphatic heterocycles. The number of pyridine rings is 1. The van der Waals surface area contributed by atoms with Gasteiger partial charge in [0, 0.05) is 11.6 Å². The van der Waals surface area contributed by atoms with Crippen LogP contribution >= 0.6 is 11.6 Å². The van der Waals surface area contributed by atoms with Crippen LogP contribution in [0.3, 0.4) is 0 Å². The van der Waals surface area contributed by atoms with Crippen molar-refractivity contribution < 1.29 is 9.59 Å². The zero-order valence-corrected chi connectivity index (χ0v) is 17.3. The van der Waals surface area contributed by atoms with Gasteiger partial charge in [0.05, 0.1) is 34.3 Å². The number of carbonyl (C=O) groups is 2. The second-order valence-corrected chi connectivity index (χ2v) is 7.46. The van der Waals surface area contributed by atoms with Gasteiger partial charge in [0.2, 0.25) is 5.91 Å². The molecule has 0 fully saturated rings. The molecule has 2 amide bonds. The van der Waals surface area contributed by atoms with E-state index in [0.717, 1.165) is 16.5 Å². The fourth-order valence-electron chi connectivity index (χ4n) is 3.41. The smallest absolute Gasteiger partial charge is 0.253 e. The van der Waals surface area contributed by atoms with Crippen molar-refractivity contribution in [2.45, 2.75) is 12.5 Å². The minimum atomic E-state index is -0.520. The highest BCUT2D eigenvalue weighted by Gasteiger charge is 2.21. The van der Waals surface area contributed by atoms with E-state index >= 15 is 0 Å². The average molecular weight is 430 g/mol. The van der Waals surface area contributed by atoms with Crippen molar-refractivity contribution in [3.05, 3.63) is 107 Å². The molecule has 0 radical (unpaired) electrons. The lowest BCUT2D eigenvalue weighted by Crippen LogP contribution is -2.31. The maximum Gasteiger partial charge on any atom is 0.253 e. The number of fused-ring (bicyclic) bond motifs is 1. The highest BCUT2D eigenvalue weighted by Crippen LogP contribution is 2.24. The summed E-state index contributed by atoms with van der Waals surface area (Å²) < 4.78 is 0. The number of hydrogen-bond acceptors (Lipinski definition) is 3. The van der Waals surface area contributed by atoms with Gasteiger partial charge in [-0.05, 0) is 29.8 Å². The number of nitrogens with one attached hydrogen (secondary N) is 2. The third-order valence-corrected chi connectivity index (χ3v) is 5.25. The van der Waals surface area contributed by atoms with Gasteiger partial charge >= 0.3 is 0 Å². The molecule has 0 bridgehead atoms. The zero-order chi connectivity index (χ0) is 21.6. The first-order valence-electron chi connectivity index (χ1n) is 9.86. The van der Waals surface area contributed by atoms with Crippen LogP contribution in [0.25, 0.3) is 10.9 Å². The Labute approximate surface area is 185 Å². The van der Waals surface area contributed by atoms with Crippen LogP contribution in [0.5, 0.6) is 0 Å². The van der Waals surface area contributed by atoms with Crippen LogP contribution in [0.1, 0.15) is 28.4 Å². The summed E-state index contributed by atoms with van der Waals surface area (Å²) in [6.07, 6.45) is 1.75. The number of halogens is 1. The fourth-order valence-corrected chi connectivity index (χ4v) is 3.63. The summed E-state index contributed by atoms with van der Waals surface area (Å²) in [5, 5.41) is 7.17. The van der Waals surface area contributed by atoms with E-state index < -0.39 is 6.04 Å². The molecule has 1 aromatic heterocycles. The number of anilines is 1. The van der Waals surface area contributed by atoms with Gasteiger partial charge in [0.25, 0.3) is 5.91 Å². The lowest BCUT2D eigenvalue weighted by molar-refractivity contribution is -0.116. The molecule has 0 spiro atoms. The van der Waals surface area contributed by atoms with Gasteiger partial charge < -0.3 is 10.6 Å². The molecule has 1 atom stereocenters. The number of benzene rings is 3. The molecular formula is C25H20ClN3O2. The predicted molar refractivity (Wildman–Crippen MR) is 123 cm³/mol. The SMILES string of the molecule is O=C(CC(NC(=O)c1ccccc1Cl)c1ccccc1)Nc1cccc2cccnc12. The first kappa shape index (κ1) is 20.6. The van der Waals surface area contributed by atoms with Gasteiger partial charge in [0.1, 0.15) is 0 Å². The molecule has 0 saturated heterocycles. The van der Waals surface area contributed by atoms with Crippen molar-refractivity contribution in [2.24, 2.45) is 0 Å². The molecule has 31 heavy (non-hydrogen) atoms. The van der Waals surface area contributed by atoms with Gasteiger partial charge in [0.15, 0.2) is 0 Å². The Balaban J connectivity index is 1.55. The molecule has 1 heterocycles. The van der Waals surface area contributed by atoms with Gasteiger partial charge in [-0.3, -0.25) is 14.6 Å². The quantitative estimate of drug-likeness (QED) is 0.431. The molecule has 5 nitrogen and oxygen atoms in total. The lowest BCUT2D eigenvalue weighted by Gasteiger charge is -2.20. The van der Waals surface area contributed by atoms with Crippen LogP contribution in [-0.2, 0) is 4.79 Å². The number of amides is 2. The summed E-state index contributed by atoms with van der Waals surface area (Å²) in [5.74, 6) is -0.564. The molecular weight excluding hydrogens is 410 g/mol. The van der Waals surface area contributed by atoms with Gasteiger partial charge in [-0.2, -0.15) is 0 Å². The lowest BCUT2D eigenvalue weighted by atomic mass is 10.0. The summed E-state index contributed by atoms with van der Waals surface area (Å²) in [6.45, 7) is 0. The zero-order valence-electron chi connectivity index (χ0n) is 16.6. The van der Waals surface area contributed by atoms with Crippen LogP contribution in [0.2, 0.25) is 5.02 Å². The maximum absolute atomic E-state index is 12.9. The third kappa shape index (κ3) is 4.90. The van der Waals surface area contributed by atoms with E-state index in [9.17, 15) is 9.59 Å². The molecule has 0 aliphatic carbocycles. The largest absolute Gasteiger partial charge is 0.345 e. The predicted octanol–water partition coefficient (Wildman–Crippen LogP) is 5.39. The Morgan fingerprint density at radius 3 is 2.42 bits per heavy atom. The minimum Gasteiger partial charge on any atom is -0.345 e. The van der Waals surface area contributed by atoms with Crippen LogP contribution < -0.4 is 10.6 Å². The van der Waals surface area contributed by atoms with E-state index in [1.54, 1.807) is 30.5 Å². The van der Waals surface area contributed by atoms with Gasteiger partial charge in [-0.25, -0.2) is 0 Å². The second kappa shape index (κ2) is 9.41. The normalized spacial score (nSPS) is 11.6. The molecule has 1 unspecified atom stereocenters. The molecule has 154 valence electrons. The van der Waals surface area contributed by atoms with E-state index in [-0.39, 0.29) is 18.2 Å². The van der Waals surface area contributed by atoms with Crippen LogP contribution in [0.4, 0.5) is 5.69 Å². The molecule has 3 aromatic carbocycles. The molecule has 6 heteroatoms. The maximum atomic E-state index is 12.9. The number of rotatable bonds is 6. The summed E-state index contributed by atoms with van der Waals surface area (Å²) in [7, 11) is 0. The third-order valence-electron chi connectivity index (χ3n) is 4.92. The van der Waals surface area contributed by atoms with E-state index in [4.69, 9.17) is 11.6 Å². The van der Waals surface area contributed by atoms with E-state index in [0.29, 0.717) is 16.3 Å². The Morgan fingerprint density at radius 2 is 1.61 bits per heavy atom. The number of carbonyl (C=O) groups excluding carboxylic acids is 2. The summed E-state index contributed by atoms with van der Waals surface area (Å²) in [5.41, 5.74) is 2.54. The number of para-hydroxylation sites is 1.